The van der Waals surface area contributed by atoms with Gasteiger partial charge in [-0.25, -0.2) is 0 Å². The van der Waals surface area contributed by atoms with Crippen molar-refractivity contribution in [1.29, 1.82) is 0 Å². The standard InChI is InChI=1S/C8H15NO.C2H6/c1-2-8-3-5-9(7-10)6-4-8;1-2/h7-8H,2-6H2,1H3;1-2H3. The van der Waals surface area contributed by atoms with Crippen LogP contribution in [0.2, 0.25) is 0 Å². The SMILES string of the molecule is CC.CCC1CCN(C=O)CC1. The molecule has 0 aromatic carbocycles. The summed E-state index contributed by atoms with van der Waals surface area (Å²) in [6, 6.07) is 0. The number of nitrogens with zero attached hydrogens (tertiary/aromatic N) is 1. The van der Waals surface area contributed by atoms with Crippen LogP contribution in [0.3, 0.4) is 0 Å². The van der Waals surface area contributed by atoms with E-state index in [4.69, 9.17) is 0 Å². The largest absolute Gasteiger partial charge is 0.345 e. The number of hydrogen-bond acceptors (Lipinski definition) is 1. The molecule has 0 aliphatic carbocycles. The van der Waals surface area contributed by atoms with Crippen LogP contribution in [0.15, 0.2) is 0 Å². The topological polar surface area (TPSA) is 20.3 Å². The highest BCUT2D eigenvalue weighted by molar-refractivity contribution is 5.47. The number of piperidine rings is 1. The Hall–Kier alpha value is -0.530. The zero-order valence-corrected chi connectivity index (χ0v) is 8.55. The van der Waals surface area contributed by atoms with E-state index in [-0.39, 0.29) is 0 Å². The van der Waals surface area contributed by atoms with Crippen LogP contribution >= 0.6 is 0 Å². The van der Waals surface area contributed by atoms with Crippen LogP contribution in [0.4, 0.5) is 0 Å². The van der Waals surface area contributed by atoms with Crippen LogP contribution in [0.5, 0.6) is 0 Å². The van der Waals surface area contributed by atoms with Gasteiger partial charge >= 0.3 is 0 Å². The summed E-state index contributed by atoms with van der Waals surface area (Å²) in [4.78, 5) is 12.1. The van der Waals surface area contributed by atoms with Gasteiger partial charge < -0.3 is 4.90 Å². The normalized spacial score (nSPS) is 18.1. The monoisotopic (exact) mass is 171 g/mol. The molecule has 1 rings (SSSR count). The second-order valence-corrected chi connectivity index (χ2v) is 2.99. The fourth-order valence-corrected chi connectivity index (χ4v) is 1.47. The summed E-state index contributed by atoms with van der Waals surface area (Å²) in [5.74, 6) is 0.871. The van der Waals surface area contributed by atoms with E-state index in [0.717, 1.165) is 25.4 Å². The minimum atomic E-state index is 0.871. The lowest BCUT2D eigenvalue weighted by Crippen LogP contribution is -2.32. The van der Waals surface area contributed by atoms with E-state index in [1.54, 1.807) is 0 Å². The van der Waals surface area contributed by atoms with Crippen molar-refractivity contribution in [3.05, 3.63) is 0 Å². The molecule has 0 bridgehead atoms. The Morgan fingerprint density at radius 1 is 1.33 bits per heavy atom. The molecule has 0 radical (unpaired) electrons. The van der Waals surface area contributed by atoms with E-state index in [1.807, 2.05) is 18.7 Å². The Kier molecular flexibility index (Phi) is 6.82. The molecule has 1 fully saturated rings. The van der Waals surface area contributed by atoms with Crippen molar-refractivity contribution in [2.75, 3.05) is 13.1 Å². The van der Waals surface area contributed by atoms with Crippen LogP contribution in [-0.4, -0.2) is 24.4 Å². The first-order valence-electron chi connectivity index (χ1n) is 5.06. The van der Waals surface area contributed by atoms with Gasteiger partial charge in [0.25, 0.3) is 0 Å². The Balaban J connectivity index is 0.000000561. The van der Waals surface area contributed by atoms with Gasteiger partial charge in [0, 0.05) is 13.1 Å². The van der Waals surface area contributed by atoms with Gasteiger partial charge in [0.2, 0.25) is 6.41 Å². The van der Waals surface area contributed by atoms with Crippen molar-refractivity contribution in [1.82, 2.24) is 4.90 Å². The summed E-state index contributed by atoms with van der Waals surface area (Å²) in [5.41, 5.74) is 0. The first-order chi connectivity index (χ1) is 5.86. The molecule has 72 valence electrons. The fourth-order valence-electron chi connectivity index (χ4n) is 1.47. The third kappa shape index (κ3) is 3.74. The zero-order valence-electron chi connectivity index (χ0n) is 8.55. The maximum atomic E-state index is 10.3. The van der Waals surface area contributed by atoms with Gasteiger partial charge in [0.05, 0.1) is 0 Å². The molecule has 1 aliphatic rings. The van der Waals surface area contributed by atoms with Crippen molar-refractivity contribution in [2.45, 2.75) is 40.0 Å². The van der Waals surface area contributed by atoms with Gasteiger partial charge in [-0.15, -0.1) is 0 Å². The molecule has 0 N–H and O–H groups in total. The van der Waals surface area contributed by atoms with Crippen molar-refractivity contribution >= 4 is 6.41 Å². The van der Waals surface area contributed by atoms with Crippen molar-refractivity contribution in [2.24, 2.45) is 5.92 Å². The Labute approximate surface area is 75.9 Å². The summed E-state index contributed by atoms with van der Waals surface area (Å²) in [5, 5.41) is 0. The predicted octanol–water partition coefficient (Wildman–Crippen LogP) is 2.29. The van der Waals surface area contributed by atoms with E-state index in [9.17, 15) is 4.79 Å². The fraction of sp³-hybridized carbons (Fsp3) is 0.900. The second kappa shape index (κ2) is 7.14. The lowest BCUT2D eigenvalue weighted by molar-refractivity contribution is -0.119. The molecule has 12 heavy (non-hydrogen) atoms. The van der Waals surface area contributed by atoms with Gasteiger partial charge in [-0.2, -0.15) is 0 Å². The molecule has 0 saturated carbocycles. The quantitative estimate of drug-likeness (QED) is 0.584. The minimum Gasteiger partial charge on any atom is -0.345 e. The molecule has 0 aromatic heterocycles. The minimum absolute atomic E-state index is 0.871. The first kappa shape index (κ1) is 11.5. The molecule has 0 unspecified atom stereocenters. The van der Waals surface area contributed by atoms with Gasteiger partial charge in [0.15, 0.2) is 0 Å². The zero-order chi connectivity index (χ0) is 9.40. The predicted molar refractivity (Wildman–Crippen MR) is 52.0 cm³/mol. The smallest absolute Gasteiger partial charge is 0.209 e. The van der Waals surface area contributed by atoms with E-state index >= 15 is 0 Å². The molecule has 2 nitrogen and oxygen atoms in total. The van der Waals surface area contributed by atoms with E-state index in [1.165, 1.54) is 19.3 Å². The number of carbonyl (C=O) groups is 1. The summed E-state index contributed by atoms with van der Waals surface area (Å²) in [6.45, 7) is 8.17. The Morgan fingerprint density at radius 3 is 2.17 bits per heavy atom. The average molecular weight is 171 g/mol. The molecule has 1 saturated heterocycles. The lowest BCUT2D eigenvalue weighted by atomic mass is 9.95. The van der Waals surface area contributed by atoms with Crippen LogP contribution in [0, 0.1) is 5.92 Å². The maximum absolute atomic E-state index is 10.3. The molecule has 1 heterocycles. The Bertz CT molecular complexity index is 106. The number of amides is 1. The van der Waals surface area contributed by atoms with Gasteiger partial charge in [-0.1, -0.05) is 27.2 Å². The molecule has 0 atom stereocenters. The third-order valence-corrected chi connectivity index (χ3v) is 2.38. The molecule has 0 spiro atoms. The molecule has 2 heteroatoms. The van der Waals surface area contributed by atoms with Crippen LogP contribution in [-0.2, 0) is 4.79 Å². The second-order valence-electron chi connectivity index (χ2n) is 2.99. The lowest BCUT2D eigenvalue weighted by Gasteiger charge is -2.28. The van der Waals surface area contributed by atoms with E-state index in [2.05, 4.69) is 6.92 Å². The molecular formula is C10H21NO. The van der Waals surface area contributed by atoms with Crippen molar-refractivity contribution in [3.8, 4) is 0 Å². The highest BCUT2D eigenvalue weighted by atomic mass is 16.1. The van der Waals surface area contributed by atoms with Crippen LogP contribution in [0.1, 0.15) is 40.0 Å². The maximum Gasteiger partial charge on any atom is 0.209 e. The number of likely N-dealkylation sites (tertiary alicyclic amines) is 1. The molecule has 0 aromatic rings. The summed E-state index contributed by atoms with van der Waals surface area (Å²) in [7, 11) is 0. The summed E-state index contributed by atoms with van der Waals surface area (Å²) in [6.07, 6.45) is 4.64. The van der Waals surface area contributed by atoms with Gasteiger partial charge in [-0.3, -0.25) is 4.79 Å². The average Bonchev–Trinajstić information content (AvgIpc) is 2.21. The first-order valence-corrected chi connectivity index (χ1v) is 5.06. The van der Waals surface area contributed by atoms with E-state index < -0.39 is 0 Å². The number of rotatable bonds is 2. The molecule has 1 amide bonds. The number of carbonyl (C=O) groups excluding carboxylic acids is 1. The Morgan fingerprint density at radius 2 is 1.83 bits per heavy atom. The van der Waals surface area contributed by atoms with Crippen LogP contribution in [0.25, 0.3) is 0 Å². The van der Waals surface area contributed by atoms with Crippen molar-refractivity contribution < 1.29 is 4.79 Å². The molecule has 1 aliphatic heterocycles. The summed E-state index contributed by atoms with van der Waals surface area (Å²) < 4.78 is 0. The third-order valence-electron chi connectivity index (χ3n) is 2.38. The highest BCUT2D eigenvalue weighted by Gasteiger charge is 2.15. The van der Waals surface area contributed by atoms with Gasteiger partial charge in [0.1, 0.15) is 0 Å². The highest BCUT2D eigenvalue weighted by Crippen LogP contribution is 2.18. The summed E-state index contributed by atoms with van der Waals surface area (Å²) >= 11 is 0. The molecular weight excluding hydrogens is 150 g/mol. The van der Waals surface area contributed by atoms with Gasteiger partial charge in [-0.05, 0) is 18.8 Å². The van der Waals surface area contributed by atoms with Crippen molar-refractivity contribution in [3.63, 3.8) is 0 Å². The van der Waals surface area contributed by atoms with E-state index in [0.29, 0.717) is 0 Å². The number of hydrogen-bond donors (Lipinski definition) is 0. The van der Waals surface area contributed by atoms with Crippen LogP contribution < -0.4 is 0 Å².